The summed E-state index contributed by atoms with van der Waals surface area (Å²) in [5, 5.41) is 6.80. The van der Waals surface area contributed by atoms with Crippen LogP contribution in [0.2, 0.25) is 0 Å². The molecular weight excluding hydrogens is 325 g/mol. The number of aryl methyl sites for hydroxylation is 2. The minimum absolute atomic E-state index is 0.399. The Labute approximate surface area is 145 Å². The number of nitrogens with one attached hydrogen (secondary N) is 1. The Bertz CT molecular complexity index is 810. The number of halogens is 1. The molecule has 1 aromatic heterocycles. The van der Waals surface area contributed by atoms with E-state index in [-0.39, 0.29) is 0 Å². The molecule has 25 heavy (non-hydrogen) atoms. The third kappa shape index (κ3) is 4.76. The average Bonchev–Trinajstić information content (AvgIpc) is 2.80. The third-order valence-corrected chi connectivity index (χ3v) is 3.72. The number of rotatable bonds is 5. The molecule has 1 N–H and O–H groups in total. The molecule has 0 aliphatic heterocycles. The van der Waals surface area contributed by atoms with Crippen molar-refractivity contribution in [2.75, 3.05) is 5.32 Å². The summed E-state index contributed by atoms with van der Waals surface area (Å²) < 4.78 is 19.6. The summed E-state index contributed by atoms with van der Waals surface area (Å²) in [6.07, 6.45) is 1.89. The number of amides is 1. The van der Waals surface area contributed by atoms with E-state index in [4.69, 9.17) is 4.74 Å². The summed E-state index contributed by atoms with van der Waals surface area (Å²) in [5.74, 6) is -1.53. The number of aromatic nitrogens is 2. The van der Waals surface area contributed by atoms with E-state index in [0.29, 0.717) is 5.69 Å². The molecule has 0 aliphatic carbocycles. The van der Waals surface area contributed by atoms with E-state index in [0.717, 1.165) is 17.0 Å². The number of nitrogens with zero attached hydrogens (tertiary/aromatic N) is 2. The van der Waals surface area contributed by atoms with Gasteiger partial charge in [0, 0.05) is 30.1 Å². The Morgan fingerprint density at radius 2 is 1.92 bits per heavy atom. The van der Waals surface area contributed by atoms with Crippen molar-refractivity contribution >= 4 is 23.6 Å². The molecule has 132 valence electrons. The number of benzene rings is 1. The molecule has 0 aliphatic rings. The quantitative estimate of drug-likeness (QED) is 0.668. The normalized spacial score (nSPS) is 12.2. The maximum atomic E-state index is 12.8. The van der Waals surface area contributed by atoms with Gasteiger partial charge in [-0.3, -0.25) is 9.48 Å². The minimum Gasteiger partial charge on any atom is -0.449 e. The van der Waals surface area contributed by atoms with Crippen LogP contribution in [0.15, 0.2) is 30.3 Å². The van der Waals surface area contributed by atoms with Crippen LogP contribution in [-0.2, 0) is 21.4 Å². The lowest BCUT2D eigenvalue weighted by Gasteiger charge is -2.12. The largest absolute Gasteiger partial charge is 0.449 e. The van der Waals surface area contributed by atoms with Crippen molar-refractivity contribution in [1.82, 2.24) is 9.78 Å². The molecule has 1 aromatic carbocycles. The van der Waals surface area contributed by atoms with Crippen molar-refractivity contribution < 1.29 is 18.7 Å². The highest BCUT2D eigenvalue weighted by molar-refractivity contribution is 5.96. The predicted octanol–water partition coefficient (Wildman–Crippen LogP) is 2.76. The van der Waals surface area contributed by atoms with Crippen molar-refractivity contribution in [2.24, 2.45) is 7.05 Å². The first kappa shape index (κ1) is 18.4. The first-order valence-electron chi connectivity index (χ1n) is 7.73. The molecule has 1 atom stereocenters. The van der Waals surface area contributed by atoms with E-state index in [1.807, 2.05) is 20.9 Å². The highest BCUT2D eigenvalue weighted by atomic mass is 19.1. The van der Waals surface area contributed by atoms with Gasteiger partial charge in [-0.05, 0) is 51.1 Å². The van der Waals surface area contributed by atoms with Crippen LogP contribution in [0, 0.1) is 19.7 Å². The summed E-state index contributed by atoms with van der Waals surface area (Å²) in [4.78, 5) is 23.9. The van der Waals surface area contributed by atoms with E-state index in [2.05, 4.69) is 10.4 Å². The molecule has 0 saturated heterocycles. The lowest BCUT2D eigenvalue weighted by molar-refractivity contribution is -0.148. The molecule has 0 fully saturated rings. The van der Waals surface area contributed by atoms with Gasteiger partial charge in [0.1, 0.15) is 5.82 Å². The highest BCUT2D eigenvalue weighted by Crippen LogP contribution is 2.14. The minimum atomic E-state index is -0.988. The number of hydrogen-bond donors (Lipinski definition) is 1. The van der Waals surface area contributed by atoms with Gasteiger partial charge in [-0.25, -0.2) is 9.18 Å². The topological polar surface area (TPSA) is 73.2 Å². The van der Waals surface area contributed by atoms with Gasteiger partial charge in [0.25, 0.3) is 5.91 Å². The Balaban J connectivity index is 1.93. The first-order valence-corrected chi connectivity index (χ1v) is 7.73. The second-order valence-corrected chi connectivity index (χ2v) is 5.62. The van der Waals surface area contributed by atoms with E-state index in [1.165, 1.54) is 37.3 Å². The molecule has 2 aromatic rings. The number of carbonyl (C=O) groups is 2. The first-order chi connectivity index (χ1) is 11.8. The lowest BCUT2D eigenvalue weighted by Crippen LogP contribution is -2.29. The van der Waals surface area contributed by atoms with E-state index >= 15 is 0 Å². The summed E-state index contributed by atoms with van der Waals surface area (Å²) in [6, 6.07) is 5.31. The SMILES string of the molecule is Cc1nn(C)c(C)c1/C=C/C(=O)O[C@@H](C)C(=O)Nc1ccc(F)cc1. The molecule has 1 heterocycles. The third-order valence-electron chi connectivity index (χ3n) is 3.72. The molecule has 0 saturated carbocycles. The smallest absolute Gasteiger partial charge is 0.331 e. The van der Waals surface area contributed by atoms with Gasteiger partial charge in [-0.2, -0.15) is 5.10 Å². The van der Waals surface area contributed by atoms with Crippen LogP contribution in [0.5, 0.6) is 0 Å². The van der Waals surface area contributed by atoms with E-state index in [1.54, 1.807) is 10.8 Å². The van der Waals surface area contributed by atoms with Gasteiger partial charge >= 0.3 is 5.97 Å². The Kier molecular flexibility index (Phi) is 5.69. The molecule has 7 heteroatoms. The summed E-state index contributed by atoms with van der Waals surface area (Å²) in [7, 11) is 1.82. The van der Waals surface area contributed by atoms with Crippen LogP contribution in [0.25, 0.3) is 6.08 Å². The van der Waals surface area contributed by atoms with Crippen molar-refractivity contribution in [1.29, 1.82) is 0 Å². The molecule has 0 bridgehead atoms. The number of esters is 1. The summed E-state index contributed by atoms with van der Waals surface area (Å²) in [5.41, 5.74) is 2.98. The second-order valence-electron chi connectivity index (χ2n) is 5.62. The maximum Gasteiger partial charge on any atom is 0.331 e. The van der Waals surface area contributed by atoms with Crippen LogP contribution in [0.3, 0.4) is 0 Å². The van der Waals surface area contributed by atoms with E-state index in [9.17, 15) is 14.0 Å². The monoisotopic (exact) mass is 345 g/mol. The fourth-order valence-corrected chi connectivity index (χ4v) is 2.23. The molecule has 1 amide bonds. The number of hydrogen-bond acceptors (Lipinski definition) is 4. The van der Waals surface area contributed by atoms with E-state index < -0.39 is 23.8 Å². The van der Waals surface area contributed by atoms with Crippen molar-refractivity contribution in [3.63, 3.8) is 0 Å². The number of anilines is 1. The summed E-state index contributed by atoms with van der Waals surface area (Å²) in [6.45, 7) is 5.20. The molecule has 6 nitrogen and oxygen atoms in total. The maximum absolute atomic E-state index is 12.8. The molecule has 0 spiro atoms. The number of carbonyl (C=O) groups excluding carboxylic acids is 2. The molecule has 0 radical (unpaired) electrons. The van der Waals surface area contributed by atoms with Crippen LogP contribution < -0.4 is 5.32 Å². The summed E-state index contributed by atoms with van der Waals surface area (Å²) >= 11 is 0. The van der Waals surface area contributed by atoms with Gasteiger partial charge in [0.05, 0.1) is 5.69 Å². The predicted molar refractivity (Wildman–Crippen MR) is 92.3 cm³/mol. The Morgan fingerprint density at radius 3 is 2.48 bits per heavy atom. The molecule has 2 rings (SSSR count). The zero-order chi connectivity index (χ0) is 18.6. The molecule has 0 unspecified atom stereocenters. The van der Waals surface area contributed by atoms with Gasteiger partial charge < -0.3 is 10.1 Å². The number of ether oxygens (including phenoxy) is 1. The Hall–Kier alpha value is -2.96. The van der Waals surface area contributed by atoms with Gasteiger partial charge in [-0.1, -0.05) is 0 Å². The van der Waals surface area contributed by atoms with Crippen LogP contribution in [0.4, 0.5) is 10.1 Å². The second kappa shape index (κ2) is 7.74. The average molecular weight is 345 g/mol. The van der Waals surface area contributed by atoms with Gasteiger partial charge in [0.2, 0.25) is 0 Å². The van der Waals surface area contributed by atoms with Gasteiger partial charge in [0.15, 0.2) is 6.10 Å². The van der Waals surface area contributed by atoms with Crippen molar-refractivity contribution in [3.05, 3.63) is 53.1 Å². The van der Waals surface area contributed by atoms with Crippen LogP contribution >= 0.6 is 0 Å². The molecular formula is C18H20FN3O3. The van der Waals surface area contributed by atoms with Gasteiger partial charge in [-0.15, -0.1) is 0 Å². The lowest BCUT2D eigenvalue weighted by atomic mass is 10.2. The Morgan fingerprint density at radius 1 is 1.28 bits per heavy atom. The fourth-order valence-electron chi connectivity index (χ4n) is 2.23. The van der Waals surface area contributed by atoms with Crippen molar-refractivity contribution in [2.45, 2.75) is 26.9 Å². The highest BCUT2D eigenvalue weighted by Gasteiger charge is 2.17. The fraction of sp³-hybridized carbons (Fsp3) is 0.278. The zero-order valence-electron chi connectivity index (χ0n) is 14.5. The van der Waals surface area contributed by atoms with Crippen molar-refractivity contribution in [3.8, 4) is 0 Å². The standard InChI is InChI=1S/C18H20FN3O3/c1-11-16(12(2)22(4)21-11)9-10-17(23)25-13(3)18(24)20-15-7-5-14(19)6-8-15/h5-10,13H,1-4H3,(H,20,24)/b10-9+/t13-/m0/s1. The van der Waals surface area contributed by atoms with Crippen LogP contribution in [-0.4, -0.2) is 27.8 Å². The van der Waals surface area contributed by atoms with Crippen LogP contribution in [0.1, 0.15) is 23.9 Å². The zero-order valence-corrected chi connectivity index (χ0v) is 14.5.